The van der Waals surface area contributed by atoms with Crippen LogP contribution in [0.25, 0.3) is 0 Å². The van der Waals surface area contributed by atoms with E-state index in [4.69, 9.17) is 11.6 Å². The van der Waals surface area contributed by atoms with Crippen LogP contribution in [0.5, 0.6) is 0 Å². The molecule has 1 N–H and O–H groups in total. The van der Waals surface area contributed by atoms with Gasteiger partial charge in [0.2, 0.25) is 5.91 Å². The first kappa shape index (κ1) is 18.2. The highest BCUT2D eigenvalue weighted by Crippen LogP contribution is 2.20. The maximum Gasteiger partial charge on any atom is 0.220 e. The van der Waals surface area contributed by atoms with Crippen LogP contribution in [-0.4, -0.2) is 24.0 Å². The van der Waals surface area contributed by atoms with Crippen molar-refractivity contribution in [1.82, 2.24) is 5.32 Å². The summed E-state index contributed by atoms with van der Waals surface area (Å²) in [5, 5.41) is 3.77. The molecule has 0 saturated carbocycles. The summed E-state index contributed by atoms with van der Waals surface area (Å²) in [7, 11) is 0. The Balaban J connectivity index is 1.52. The lowest BCUT2D eigenvalue weighted by atomic mass is 10.2. The molecule has 5 heteroatoms. The minimum Gasteiger partial charge on any atom is -0.355 e. The van der Waals surface area contributed by atoms with Gasteiger partial charge in [0.1, 0.15) is 0 Å². The Kier molecular flexibility index (Phi) is 8.43. The molecule has 0 spiro atoms. The first-order valence-electron chi connectivity index (χ1n) is 7.51. The van der Waals surface area contributed by atoms with E-state index in [1.165, 1.54) is 4.90 Å². The van der Waals surface area contributed by atoms with Crippen molar-refractivity contribution in [1.29, 1.82) is 0 Å². The van der Waals surface area contributed by atoms with E-state index in [9.17, 15) is 4.79 Å². The third-order valence-electron chi connectivity index (χ3n) is 3.13. The number of hydrogen-bond donors (Lipinski definition) is 1. The van der Waals surface area contributed by atoms with E-state index in [1.54, 1.807) is 23.5 Å². The Morgan fingerprint density at radius 3 is 2.52 bits per heavy atom. The van der Waals surface area contributed by atoms with Crippen molar-refractivity contribution in [2.24, 2.45) is 0 Å². The first-order chi connectivity index (χ1) is 11.3. The Labute approximate surface area is 151 Å². The van der Waals surface area contributed by atoms with Gasteiger partial charge in [0.15, 0.2) is 0 Å². The Morgan fingerprint density at radius 2 is 1.74 bits per heavy atom. The highest BCUT2D eigenvalue weighted by atomic mass is 35.5. The molecule has 122 valence electrons. The molecule has 0 fully saturated rings. The molecule has 0 atom stereocenters. The van der Waals surface area contributed by atoms with Crippen molar-refractivity contribution < 1.29 is 4.79 Å². The number of carbonyl (C=O) groups excluding carboxylic acids is 1. The van der Waals surface area contributed by atoms with Crippen LogP contribution in [0, 0.1) is 0 Å². The molecular formula is C18H20ClNOS2. The maximum atomic E-state index is 11.8. The molecule has 0 saturated heterocycles. The van der Waals surface area contributed by atoms with Gasteiger partial charge in [0.05, 0.1) is 0 Å². The minimum atomic E-state index is 0.117. The molecule has 0 heterocycles. The smallest absolute Gasteiger partial charge is 0.220 e. The Bertz CT molecular complexity index is 607. The molecule has 0 unspecified atom stereocenters. The van der Waals surface area contributed by atoms with Crippen LogP contribution in [0.15, 0.2) is 59.5 Å². The summed E-state index contributed by atoms with van der Waals surface area (Å²) in [5.74, 6) is 2.69. The first-order valence-corrected chi connectivity index (χ1v) is 10.0. The molecule has 2 aromatic carbocycles. The number of rotatable bonds is 9. The van der Waals surface area contributed by atoms with Gasteiger partial charge in [-0.25, -0.2) is 0 Å². The van der Waals surface area contributed by atoms with Crippen molar-refractivity contribution in [2.75, 3.05) is 18.1 Å². The fourth-order valence-electron chi connectivity index (χ4n) is 1.93. The van der Waals surface area contributed by atoms with Gasteiger partial charge in [-0.2, -0.15) is 11.8 Å². The van der Waals surface area contributed by atoms with Crippen molar-refractivity contribution in [3.8, 4) is 0 Å². The number of benzene rings is 2. The average molecular weight is 366 g/mol. The molecule has 0 aromatic heterocycles. The van der Waals surface area contributed by atoms with Crippen LogP contribution >= 0.6 is 35.1 Å². The van der Waals surface area contributed by atoms with Gasteiger partial charge >= 0.3 is 0 Å². The normalized spacial score (nSPS) is 10.5. The number of carbonyl (C=O) groups is 1. The summed E-state index contributed by atoms with van der Waals surface area (Å²) in [6.45, 7) is 0.698. The van der Waals surface area contributed by atoms with E-state index < -0.39 is 0 Å². The van der Waals surface area contributed by atoms with E-state index in [0.29, 0.717) is 13.0 Å². The second-order valence-corrected chi connectivity index (χ2v) is 7.59. The largest absolute Gasteiger partial charge is 0.355 e. The molecule has 0 bridgehead atoms. The molecule has 0 radical (unpaired) electrons. The van der Waals surface area contributed by atoms with Gasteiger partial charge in [0.25, 0.3) is 0 Å². The van der Waals surface area contributed by atoms with Crippen LogP contribution < -0.4 is 5.32 Å². The summed E-state index contributed by atoms with van der Waals surface area (Å²) < 4.78 is 0. The highest BCUT2D eigenvalue weighted by Gasteiger charge is 2.02. The number of hydrogen-bond acceptors (Lipinski definition) is 3. The van der Waals surface area contributed by atoms with Crippen molar-refractivity contribution in [3.05, 3.63) is 65.2 Å². The van der Waals surface area contributed by atoms with Gasteiger partial charge in [0, 0.05) is 40.1 Å². The summed E-state index contributed by atoms with van der Waals surface area (Å²) >= 11 is 9.60. The molecule has 23 heavy (non-hydrogen) atoms. The molecular weight excluding hydrogens is 346 g/mol. The molecule has 0 aliphatic rings. The van der Waals surface area contributed by atoms with Crippen molar-refractivity contribution in [2.45, 2.75) is 17.1 Å². The number of amides is 1. The van der Waals surface area contributed by atoms with Crippen LogP contribution in [0.4, 0.5) is 0 Å². The lowest BCUT2D eigenvalue weighted by Crippen LogP contribution is -2.25. The second-order valence-electron chi connectivity index (χ2n) is 4.91. The van der Waals surface area contributed by atoms with Gasteiger partial charge in [-0.15, -0.1) is 11.8 Å². The molecule has 1 amide bonds. The Morgan fingerprint density at radius 1 is 1.00 bits per heavy atom. The summed E-state index contributed by atoms with van der Waals surface area (Å²) in [5.41, 5.74) is 1.14. The van der Waals surface area contributed by atoms with Crippen LogP contribution in [-0.2, 0) is 10.5 Å². The van der Waals surface area contributed by atoms with Crippen molar-refractivity contribution >= 4 is 41.0 Å². The van der Waals surface area contributed by atoms with E-state index >= 15 is 0 Å². The van der Waals surface area contributed by atoms with Gasteiger partial charge < -0.3 is 5.32 Å². The SMILES string of the molecule is O=C(CCSc1ccccc1)NCCSCc1ccccc1Cl. The predicted molar refractivity (Wildman–Crippen MR) is 102 cm³/mol. The summed E-state index contributed by atoms with van der Waals surface area (Å²) in [6, 6.07) is 18.0. The molecule has 0 aliphatic carbocycles. The minimum absolute atomic E-state index is 0.117. The molecule has 0 aliphatic heterocycles. The standard InChI is InChI=1S/C18H20ClNOS2/c19-17-9-5-4-6-15(17)14-22-13-11-20-18(21)10-12-23-16-7-2-1-3-8-16/h1-9H,10-14H2,(H,20,21). The van der Waals surface area contributed by atoms with Gasteiger partial charge in [-0.1, -0.05) is 48.0 Å². The third-order valence-corrected chi connectivity index (χ3v) is 5.52. The summed E-state index contributed by atoms with van der Waals surface area (Å²) in [4.78, 5) is 13.0. The van der Waals surface area contributed by atoms with Gasteiger partial charge in [-0.05, 0) is 23.8 Å². The van der Waals surface area contributed by atoms with E-state index in [2.05, 4.69) is 17.4 Å². The monoisotopic (exact) mass is 365 g/mol. The zero-order valence-corrected chi connectivity index (χ0v) is 15.2. The van der Waals surface area contributed by atoms with E-state index in [1.807, 2.05) is 42.5 Å². The highest BCUT2D eigenvalue weighted by molar-refractivity contribution is 7.99. The topological polar surface area (TPSA) is 29.1 Å². The molecule has 2 aromatic rings. The Hall–Kier alpha value is -1.10. The molecule has 2 rings (SSSR count). The lowest BCUT2D eigenvalue weighted by Gasteiger charge is -2.06. The van der Waals surface area contributed by atoms with Crippen LogP contribution in [0.1, 0.15) is 12.0 Å². The number of thioether (sulfide) groups is 2. The number of halogens is 1. The maximum absolute atomic E-state index is 11.8. The fourth-order valence-corrected chi connectivity index (χ4v) is 3.94. The second kappa shape index (κ2) is 10.6. The summed E-state index contributed by atoms with van der Waals surface area (Å²) in [6.07, 6.45) is 0.550. The number of nitrogens with one attached hydrogen (secondary N) is 1. The third kappa shape index (κ3) is 7.34. The van der Waals surface area contributed by atoms with Crippen molar-refractivity contribution in [3.63, 3.8) is 0 Å². The quantitative estimate of drug-likeness (QED) is 0.507. The zero-order valence-electron chi connectivity index (χ0n) is 12.8. The van der Waals surface area contributed by atoms with Crippen LogP contribution in [0.2, 0.25) is 5.02 Å². The lowest BCUT2D eigenvalue weighted by molar-refractivity contribution is -0.120. The molecule has 2 nitrogen and oxygen atoms in total. The van der Waals surface area contributed by atoms with E-state index in [0.717, 1.165) is 27.8 Å². The average Bonchev–Trinajstić information content (AvgIpc) is 2.57. The van der Waals surface area contributed by atoms with Gasteiger partial charge in [-0.3, -0.25) is 4.79 Å². The predicted octanol–water partition coefficient (Wildman–Crippen LogP) is 4.87. The van der Waals surface area contributed by atoms with E-state index in [-0.39, 0.29) is 5.91 Å². The fraction of sp³-hybridized carbons (Fsp3) is 0.278. The zero-order chi connectivity index (χ0) is 16.3. The van der Waals surface area contributed by atoms with Crippen LogP contribution in [0.3, 0.4) is 0 Å².